The summed E-state index contributed by atoms with van der Waals surface area (Å²) in [6, 6.07) is 15.3. The van der Waals surface area contributed by atoms with Crippen LogP contribution in [0.15, 0.2) is 65.8 Å². The molecular formula is C19H19N3O2S. The summed E-state index contributed by atoms with van der Waals surface area (Å²) in [5.41, 5.74) is 7.78. The van der Waals surface area contributed by atoms with E-state index in [1.807, 2.05) is 55.5 Å². The van der Waals surface area contributed by atoms with Gasteiger partial charge in [0.1, 0.15) is 5.75 Å². The molecule has 1 aromatic carbocycles. The summed E-state index contributed by atoms with van der Waals surface area (Å²) < 4.78 is 5.88. The molecule has 0 amide bonds. The zero-order valence-electron chi connectivity index (χ0n) is 13.8. The van der Waals surface area contributed by atoms with Gasteiger partial charge < -0.3 is 15.6 Å². The minimum atomic E-state index is -0.0837. The molecule has 0 aliphatic rings. The zero-order chi connectivity index (χ0) is 17.6. The van der Waals surface area contributed by atoms with Crippen LogP contribution < -0.4 is 10.5 Å². The number of anilines is 1. The van der Waals surface area contributed by atoms with Crippen LogP contribution in [0.1, 0.15) is 16.5 Å². The Morgan fingerprint density at radius 3 is 2.64 bits per heavy atom. The molecule has 3 N–H and O–H groups in total. The Morgan fingerprint density at radius 1 is 1.12 bits per heavy atom. The van der Waals surface area contributed by atoms with Gasteiger partial charge in [-0.1, -0.05) is 30.3 Å². The molecule has 0 aliphatic heterocycles. The van der Waals surface area contributed by atoms with Gasteiger partial charge in [-0.3, -0.25) is 4.98 Å². The quantitative estimate of drug-likeness (QED) is 0.652. The van der Waals surface area contributed by atoms with Crippen molar-refractivity contribution in [3.8, 4) is 11.5 Å². The lowest BCUT2D eigenvalue weighted by atomic mass is 10.2. The van der Waals surface area contributed by atoms with Crippen molar-refractivity contribution in [3.05, 3.63) is 72.2 Å². The Balaban J connectivity index is 1.82. The number of hydrogen-bond acceptors (Lipinski definition) is 6. The largest absolute Gasteiger partial charge is 0.452 e. The van der Waals surface area contributed by atoms with Crippen molar-refractivity contribution in [2.45, 2.75) is 17.1 Å². The lowest BCUT2D eigenvalue weighted by molar-refractivity contribution is 0.296. The van der Waals surface area contributed by atoms with Crippen molar-refractivity contribution in [3.63, 3.8) is 0 Å². The van der Waals surface area contributed by atoms with Crippen LogP contribution in [0, 0.1) is 6.92 Å². The summed E-state index contributed by atoms with van der Waals surface area (Å²) in [6.07, 6.45) is 3.40. The van der Waals surface area contributed by atoms with Crippen LogP contribution in [0.5, 0.6) is 11.5 Å². The number of hydrogen-bond donors (Lipinski definition) is 2. The zero-order valence-corrected chi connectivity index (χ0v) is 14.6. The van der Waals surface area contributed by atoms with Crippen molar-refractivity contribution in [2.75, 3.05) is 12.3 Å². The number of nitrogens with two attached hydrogens (primary N) is 1. The van der Waals surface area contributed by atoms with Gasteiger partial charge in [0.2, 0.25) is 0 Å². The molecule has 5 nitrogen and oxygen atoms in total. The highest BCUT2D eigenvalue weighted by molar-refractivity contribution is 7.99. The first-order valence-corrected chi connectivity index (χ1v) is 8.73. The number of aliphatic hydroxyl groups is 1. The molecule has 0 bridgehead atoms. The Labute approximate surface area is 150 Å². The van der Waals surface area contributed by atoms with Gasteiger partial charge in [0.25, 0.3) is 0 Å². The molecule has 3 aromatic rings. The smallest absolute Gasteiger partial charge is 0.170 e. The Kier molecular flexibility index (Phi) is 5.53. The van der Waals surface area contributed by atoms with Crippen molar-refractivity contribution in [1.82, 2.24) is 9.97 Å². The van der Waals surface area contributed by atoms with E-state index < -0.39 is 0 Å². The van der Waals surface area contributed by atoms with Gasteiger partial charge in [-0.05, 0) is 30.7 Å². The van der Waals surface area contributed by atoms with Crippen molar-refractivity contribution >= 4 is 17.6 Å². The van der Waals surface area contributed by atoms with Gasteiger partial charge in [-0.25, -0.2) is 4.98 Å². The fourth-order valence-electron chi connectivity index (χ4n) is 2.32. The Morgan fingerprint density at radius 2 is 1.92 bits per heavy atom. The summed E-state index contributed by atoms with van der Waals surface area (Å²) in [4.78, 5) is 9.29. The highest BCUT2D eigenvalue weighted by atomic mass is 32.2. The highest BCUT2D eigenvalue weighted by Crippen LogP contribution is 2.38. The molecular weight excluding hydrogens is 334 g/mol. The standard InChI is InChI=1S/C19H19N3O2S/c1-13-16(8-5-9-21-13)24-17-10-15(11-22-19(17)20)25-18(12-23)14-6-3-2-4-7-14/h2-11,18,23H,12H2,1H3,(H2,20,22). The summed E-state index contributed by atoms with van der Waals surface area (Å²) >= 11 is 1.52. The molecule has 0 aliphatic carbocycles. The first kappa shape index (κ1) is 17.3. The van der Waals surface area contributed by atoms with E-state index in [9.17, 15) is 5.11 Å². The predicted octanol–water partition coefficient (Wildman–Crippen LogP) is 3.99. The van der Waals surface area contributed by atoms with Gasteiger partial charge >= 0.3 is 0 Å². The van der Waals surface area contributed by atoms with Gasteiger partial charge in [0.05, 0.1) is 17.6 Å². The number of thioether (sulfide) groups is 1. The van der Waals surface area contributed by atoms with E-state index in [2.05, 4.69) is 9.97 Å². The summed E-state index contributed by atoms with van der Waals surface area (Å²) in [7, 11) is 0. The van der Waals surface area contributed by atoms with Crippen LogP contribution in [0.2, 0.25) is 0 Å². The van der Waals surface area contributed by atoms with Crippen molar-refractivity contribution < 1.29 is 9.84 Å². The first-order chi connectivity index (χ1) is 12.2. The van der Waals surface area contributed by atoms with Crippen LogP contribution in [0.4, 0.5) is 5.82 Å². The maximum Gasteiger partial charge on any atom is 0.170 e. The van der Waals surface area contributed by atoms with Crippen molar-refractivity contribution in [1.29, 1.82) is 0 Å². The third-order valence-corrected chi connectivity index (χ3v) is 4.85. The molecule has 0 radical (unpaired) electrons. The number of ether oxygens (including phenoxy) is 1. The lowest BCUT2D eigenvalue weighted by Crippen LogP contribution is -2.01. The number of pyridine rings is 2. The van der Waals surface area contributed by atoms with Crippen molar-refractivity contribution in [2.24, 2.45) is 0 Å². The van der Waals surface area contributed by atoms with E-state index in [-0.39, 0.29) is 11.9 Å². The molecule has 0 spiro atoms. The fourth-order valence-corrected chi connectivity index (χ4v) is 3.31. The second-order valence-electron chi connectivity index (χ2n) is 5.44. The minimum absolute atomic E-state index is 0.0248. The number of nitrogen functional groups attached to an aromatic ring is 1. The molecule has 1 unspecified atom stereocenters. The molecule has 128 valence electrons. The van der Waals surface area contributed by atoms with Crippen LogP contribution in [0.3, 0.4) is 0 Å². The van der Waals surface area contributed by atoms with Crippen LogP contribution in [-0.4, -0.2) is 21.7 Å². The summed E-state index contributed by atoms with van der Waals surface area (Å²) in [6.45, 7) is 1.89. The lowest BCUT2D eigenvalue weighted by Gasteiger charge is -2.15. The second kappa shape index (κ2) is 8.00. The Hall–Kier alpha value is -2.57. The van der Waals surface area contributed by atoms with E-state index >= 15 is 0 Å². The first-order valence-electron chi connectivity index (χ1n) is 7.85. The van der Waals surface area contributed by atoms with Gasteiger partial charge in [-0.2, -0.15) is 0 Å². The third kappa shape index (κ3) is 4.29. The summed E-state index contributed by atoms with van der Waals surface area (Å²) in [5, 5.41) is 9.65. The maximum atomic E-state index is 9.73. The molecule has 6 heteroatoms. The predicted molar refractivity (Wildman–Crippen MR) is 99.8 cm³/mol. The number of benzene rings is 1. The normalized spacial score (nSPS) is 11.9. The molecule has 0 saturated carbocycles. The van der Waals surface area contributed by atoms with Crippen LogP contribution >= 0.6 is 11.8 Å². The molecule has 2 aromatic heterocycles. The number of aromatic nitrogens is 2. The molecule has 0 saturated heterocycles. The van der Waals surface area contributed by atoms with Gasteiger partial charge in [0, 0.05) is 17.3 Å². The number of nitrogens with zero attached hydrogens (tertiary/aromatic N) is 2. The third-order valence-electron chi connectivity index (χ3n) is 3.65. The SMILES string of the molecule is Cc1ncccc1Oc1cc(SC(CO)c2ccccc2)cnc1N. The average molecular weight is 353 g/mol. The fraction of sp³-hybridized carbons (Fsp3) is 0.158. The highest BCUT2D eigenvalue weighted by Gasteiger charge is 2.14. The van der Waals surface area contributed by atoms with Crippen LogP contribution in [0.25, 0.3) is 0 Å². The summed E-state index contributed by atoms with van der Waals surface area (Å²) in [5.74, 6) is 1.43. The minimum Gasteiger partial charge on any atom is -0.452 e. The molecule has 0 fully saturated rings. The molecule has 2 heterocycles. The van der Waals surface area contributed by atoms with E-state index in [1.54, 1.807) is 12.4 Å². The number of aryl methyl sites for hydroxylation is 1. The van der Waals surface area contributed by atoms with E-state index in [4.69, 9.17) is 10.5 Å². The van der Waals surface area contributed by atoms with E-state index in [0.29, 0.717) is 17.3 Å². The number of aliphatic hydroxyl groups excluding tert-OH is 1. The maximum absolute atomic E-state index is 9.73. The van der Waals surface area contributed by atoms with Crippen LogP contribution in [-0.2, 0) is 0 Å². The van der Waals surface area contributed by atoms with Gasteiger partial charge in [-0.15, -0.1) is 11.8 Å². The Bertz CT molecular complexity index is 843. The molecule has 3 rings (SSSR count). The van der Waals surface area contributed by atoms with E-state index in [0.717, 1.165) is 16.2 Å². The molecule has 25 heavy (non-hydrogen) atoms. The monoisotopic (exact) mass is 353 g/mol. The topological polar surface area (TPSA) is 81.3 Å². The average Bonchev–Trinajstić information content (AvgIpc) is 2.64. The van der Waals surface area contributed by atoms with E-state index in [1.165, 1.54) is 11.8 Å². The number of rotatable bonds is 6. The molecule has 1 atom stereocenters. The van der Waals surface area contributed by atoms with Gasteiger partial charge in [0.15, 0.2) is 11.6 Å². The second-order valence-corrected chi connectivity index (χ2v) is 6.72.